The minimum Gasteiger partial charge on any atom is -0.394 e. The fraction of sp³-hybridized carbons (Fsp3) is 1.00. The molecular formula is C6H13NO4. The maximum atomic E-state index is 10.3. The standard InChI is InChI=1S/C6H13NO4/c1-6(2,7(10)11)3-5(9)4-8/h5,8-9H,3-4H2,1-2H3. The van der Waals surface area contributed by atoms with Crippen LogP contribution in [0.1, 0.15) is 20.3 Å². The molecule has 0 spiro atoms. The maximum absolute atomic E-state index is 10.3. The molecule has 0 bridgehead atoms. The van der Waals surface area contributed by atoms with Crippen LogP contribution in [-0.4, -0.2) is 33.4 Å². The van der Waals surface area contributed by atoms with Gasteiger partial charge in [0, 0.05) is 25.2 Å². The summed E-state index contributed by atoms with van der Waals surface area (Å²) < 4.78 is 0. The van der Waals surface area contributed by atoms with Gasteiger partial charge in [0.15, 0.2) is 0 Å². The summed E-state index contributed by atoms with van der Waals surface area (Å²) in [5, 5.41) is 27.6. The molecule has 5 heteroatoms. The second kappa shape index (κ2) is 3.64. The molecule has 66 valence electrons. The Hall–Kier alpha value is -0.680. The summed E-state index contributed by atoms with van der Waals surface area (Å²) >= 11 is 0. The minimum atomic E-state index is -1.16. The highest BCUT2D eigenvalue weighted by molar-refractivity contribution is 4.71. The molecular weight excluding hydrogens is 150 g/mol. The summed E-state index contributed by atoms with van der Waals surface area (Å²) in [5.41, 5.74) is -1.16. The van der Waals surface area contributed by atoms with Gasteiger partial charge in [0.2, 0.25) is 5.54 Å². The number of nitro groups is 1. The molecule has 0 rings (SSSR count). The zero-order chi connectivity index (χ0) is 9.07. The first-order valence-corrected chi connectivity index (χ1v) is 3.33. The van der Waals surface area contributed by atoms with E-state index in [1.165, 1.54) is 13.8 Å². The lowest BCUT2D eigenvalue weighted by atomic mass is 9.98. The molecule has 1 unspecified atom stereocenters. The number of hydrogen-bond donors (Lipinski definition) is 2. The lowest BCUT2D eigenvalue weighted by molar-refractivity contribution is -0.563. The Labute approximate surface area is 64.8 Å². The number of aliphatic hydroxyl groups excluding tert-OH is 2. The van der Waals surface area contributed by atoms with Crippen molar-refractivity contribution >= 4 is 0 Å². The lowest BCUT2D eigenvalue weighted by Crippen LogP contribution is -2.36. The Bertz CT molecular complexity index is 146. The van der Waals surface area contributed by atoms with Crippen molar-refractivity contribution in [1.29, 1.82) is 0 Å². The molecule has 0 aliphatic heterocycles. The molecule has 0 aromatic rings. The Morgan fingerprint density at radius 3 is 2.36 bits per heavy atom. The third-order valence-electron chi connectivity index (χ3n) is 1.44. The van der Waals surface area contributed by atoms with Crippen LogP contribution in [0.3, 0.4) is 0 Å². The molecule has 0 aliphatic carbocycles. The normalized spacial score (nSPS) is 14.5. The van der Waals surface area contributed by atoms with Crippen LogP contribution in [0.2, 0.25) is 0 Å². The summed E-state index contributed by atoms with van der Waals surface area (Å²) in [6.07, 6.45) is -1.04. The van der Waals surface area contributed by atoms with Crippen LogP contribution in [0, 0.1) is 10.1 Å². The monoisotopic (exact) mass is 163 g/mol. The summed E-state index contributed by atoms with van der Waals surface area (Å²) in [5.74, 6) is 0. The van der Waals surface area contributed by atoms with Crippen LogP contribution >= 0.6 is 0 Å². The molecule has 5 nitrogen and oxygen atoms in total. The Morgan fingerprint density at radius 2 is 2.09 bits per heavy atom. The predicted molar refractivity (Wildman–Crippen MR) is 38.8 cm³/mol. The predicted octanol–water partition coefficient (Wildman–Crippen LogP) is -0.215. The summed E-state index contributed by atoms with van der Waals surface area (Å²) in [4.78, 5) is 9.82. The molecule has 11 heavy (non-hydrogen) atoms. The van der Waals surface area contributed by atoms with E-state index in [1.807, 2.05) is 0 Å². The van der Waals surface area contributed by atoms with Crippen molar-refractivity contribution in [3.05, 3.63) is 10.1 Å². The van der Waals surface area contributed by atoms with E-state index in [2.05, 4.69) is 0 Å². The van der Waals surface area contributed by atoms with E-state index in [0.29, 0.717) is 0 Å². The fourth-order valence-corrected chi connectivity index (χ4v) is 0.716. The molecule has 0 aliphatic rings. The minimum absolute atomic E-state index is 0.0312. The van der Waals surface area contributed by atoms with Gasteiger partial charge in [0.05, 0.1) is 12.7 Å². The van der Waals surface area contributed by atoms with Gasteiger partial charge in [-0.15, -0.1) is 0 Å². The van der Waals surface area contributed by atoms with Crippen LogP contribution in [0.15, 0.2) is 0 Å². The molecule has 0 saturated carbocycles. The van der Waals surface area contributed by atoms with Crippen LogP contribution in [-0.2, 0) is 0 Å². The van der Waals surface area contributed by atoms with E-state index in [4.69, 9.17) is 10.2 Å². The quantitative estimate of drug-likeness (QED) is 0.443. The van der Waals surface area contributed by atoms with E-state index in [1.54, 1.807) is 0 Å². The van der Waals surface area contributed by atoms with E-state index in [0.717, 1.165) is 0 Å². The van der Waals surface area contributed by atoms with Gasteiger partial charge in [-0.05, 0) is 0 Å². The fourth-order valence-electron chi connectivity index (χ4n) is 0.716. The van der Waals surface area contributed by atoms with Crippen molar-refractivity contribution in [2.24, 2.45) is 0 Å². The van der Waals surface area contributed by atoms with Crippen molar-refractivity contribution < 1.29 is 15.1 Å². The van der Waals surface area contributed by atoms with Crippen LogP contribution in [0.25, 0.3) is 0 Å². The SMILES string of the molecule is CC(C)(CC(O)CO)[N+](=O)[O-]. The number of aliphatic hydroxyl groups is 2. The van der Waals surface area contributed by atoms with Gasteiger partial charge in [0.25, 0.3) is 0 Å². The second-order valence-corrected chi connectivity index (χ2v) is 3.11. The van der Waals surface area contributed by atoms with Crippen LogP contribution < -0.4 is 0 Å². The van der Waals surface area contributed by atoms with Crippen LogP contribution in [0.5, 0.6) is 0 Å². The zero-order valence-corrected chi connectivity index (χ0v) is 6.65. The first-order valence-electron chi connectivity index (χ1n) is 3.33. The van der Waals surface area contributed by atoms with Gasteiger partial charge >= 0.3 is 0 Å². The van der Waals surface area contributed by atoms with Gasteiger partial charge < -0.3 is 10.2 Å². The molecule has 0 radical (unpaired) electrons. The molecule has 0 aromatic carbocycles. The second-order valence-electron chi connectivity index (χ2n) is 3.11. The first-order chi connectivity index (χ1) is 4.90. The molecule has 0 saturated heterocycles. The number of hydrogen-bond acceptors (Lipinski definition) is 4. The van der Waals surface area contributed by atoms with Gasteiger partial charge in [-0.3, -0.25) is 10.1 Å². The highest BCUT2D eigenvalue weighted by Gasteiger charge is 2.33. The number of nitrogens with zero attached hydrogens (tertiary/aromatic N) is 1. The Balaban J connectivity index is 4.01. The van der Waals surface area contributed by atoms with E-state index < -0.39 is 23.2 Å². The summed E-state index contributed by atoms with van der Waals surface area (Å²) in [6, 6.07) is 0. The molecule has 0 fully saturated rings. The molecule has 0 amide bonds. The summed E-state index contributed by atoms with van der Waals surface area (Å²) in [7, 11) is 0. The van der Waals surface area contributed by atoms with Gasteiger partial charge in [-0.25, -0.2) is 0 Å². The van der Waals surface area contributed by atoms with Gasteiger partial charge in [-0.2, -0.15) is 0 Å². The van der Waals surface area contributed by atoms with E-state index in [9.17, 15) is 10.1 Å². The topological polar surface area (TPSA) is 83.6 Å². The highest BCUT2D eigenvalue weighted by atomic mass is 16.6. The first kappa shape index (κ1) is 10.3. The number of rotatable bonds is 4. The highest BCUT2D eigenvalue weighted by Crippen LogP contribution is 2.14. The Morgan fingerprint density at radius 1 is 1.64 bits per heavy atom. The van der Waals surface area contributed by atoms with Crippen LogP contribution in [0.4, 0.5) is 0 Å². The maximum Gasteiger partial charge on any atom is 0.219 e. The molecule has 0 heterocycles. The van der Waals surface area contributed by atoms with Crippen molar-refractivity contribution in [3.8, 4) is 0 Å². The molecule has 0 aromatic heterocycles. The van der Waals surface area contributed by atoms with Crippen molar-refractivity contribution in [2.75, 3.05) is 6.61 Å². The third kappa shape index (κ3) is 3.29. The average molecular weight is 163 g/mol. The molecule has 2 N–H and O–H groups in total. The lowest BCUT2D eigenvalue weighted by Gasteiger charge is -2.17. The van der Waals surface area contributed by atoms with E-state index in [-0.39, 0.29) is 6.42 Å². The van der Waals surface area contributed by atoms with Crippen molar-refractivity contribution in [3.63, 3.8) is 0 Å². The van der Waals surface area contributed by atoms with Crippen molar-refractivity contribution in [1.82, 2.24) is 0 Å². The average Bonchev–Trinajstić information content (AvgIpc) is 1.86. The smallest absolute Gasteiger partial charge is 0.219 e. The summed E-state index contributed by atoms with van der Waals surface area (Å²) in [6.45, 7) is 2.38. The largest absolute Gasteiger partial charge is 0.394 e. The zero-order valence-electron chi connectivity index (χ0n) is 6.65. The molecule has 1 atom stereocenters. The van der Waals surface area contributed by atoms with Gasteiger partial charge in [-0.1, -0.05) is 0 Å². The van der Waals surface area contributed by atoms with Crippen molar-refractivity contribution in [2.45, 2.75) is 31.9 Å². The third-order valence-corrected chi connectivity index (χ3v) is 1.44. The van der Waals surface area contributed by atoms with Gasteiger partial charge in [0.1, 0.15) is 0 Å². The Kier molecular flexibility index (Phi) is 3.41. The van der Waals surface area contributed by atoms with E-state index >= 15 is 0 Å².